The van der Waals surface area contributed by atoms with E-state index in [0.717, 1.165) is 5.56 Å². The van der Waals surface area contributed by atoms with E-state index in [1.54, 1.807) is 71.9 Å². The first-order valence-corrected chi connectivity index (χ1v) is 15.4. The van der Waals surface area contributed by atoms with Crippen molar-refractivity contribution in [1.29, 1.82) is 0 Å². The Balaban J connectivity index is 1.73. The second kappa shape index (κ2) is 13.6. The molecular weight excluding hydrogens is 592 g/mol. The Morgan fingerprint density at radius 3 is 2.23 bits per heavy atom. The number of rotatable bonds is 11. The second-order valence-electron chi connectivity index (χ2n) is 11.6. The molecule has 4 N–H and O–H groups in total. The normalized spacial score (nSPS) is 17.2. The van der Waals surface area contributed by atoms with Crippen LogP contribution in [0.15, 0.2) is 35.2 Å². The third-order valence-electron chi connectivity index (χ3n) is 7.10. The van der Waals surface area contributed by atoms with E-state index in [2.05, 4.69) is 15.4 Å². The third kappa shape index (κ3) is 8.47. The highest BCUT2D eigenvalue weighted by Crippen LogP contribution is 2.30. The molecule has 1 aliphatic heterocycles. The standard InChI is InChI=1S/C30H40N4O9S/c1-17-12-24(42-7)18(2)19(3)26(17)44(40,41)32-14-20-8-10-21(11-9-20)16-34-23(13-25(35)36)27(37)33-22(28(34)38)15-31-29(39)43-30(4,5)6/h8-12,22-23,32H,13-16H2,1-7H3,(H,31,39)(H,33,37)(H,35,36)/t22-,23+/m1/s1. The lowest BCUT2D eigenvalue weighted by molar-refractivity contribution is -0.153. The van der Waals surface area contributed by atoms with Gasteiger partial charge >= 0.3 is 12.1 Å². The number of benzene rings is 2. The van der Waals surface area contributed by atoms with Crippen LogP contribution >= 0.6 is 0 Å². The molecule has 1 saturated heterocycles. The van der Waals surface area contributed by atoms with Crippen LogP contribution in [0.1, 0.15) is 55.0 Å². The number of aryl methyl sites for hydroxylation is 1. The number of methoxy groups -OCH3 is 1. The largest absolute Gasteiger partial charge is 0.496 e. The number of carboxylic acids is 1. The lowest BCUT2D eigenvalue weighted by atomic mass is 10.0. The quantitative estimate of drug-likeness (QED) is 0.289. The van der Waals surface area contributed by atoms with Crippen LogP contribution in [0.2, 0.25) is 0 Å². The van der Waals surface area contributed by atoms with Crippen molar-refractivity contribution >= 4 is 33.9 Å². The molecule has 0 saturated carbocycles. The van der Waals surface area contributed by atoms with E-state index in [1.165, 1.54) is 12.0 Å². The van der Waals surface area contributed by atoms with E-state index in [0.29, 0.717) is 28.0 Å². The Kier molecular flexibility index (Phi) is 10.6. The van der Waals surface area contributed by atoms with Crippen molar-refractivity contribution in [3.63, 3.8) is 0 Å². The number of amides is 3. The maximum atomic E-state index is 13.3. The van der Waals surface area contributed by atoms with Crippen LogP contribution in [-0.4, -0.2) is 73.6 Å². The molecule has 0 aromatic heterocycles. The molecule has 2 atom stereocenters. The topological polar surface area (TPSA) is 180 Å². The zero-order valence-corrected chi connectivity index (χ0v) is 26.8. The minimum absolute atomic E-state index is 0.00231. The monoisotopic (exact) mass is 632 g/mol. The van der Waals surface area contributed by atoms with Gasteiger partial charge in [-0.3, -0.25) is 14.4 Å². The van der Waals surface area contributed by atoms with E-state index in [9.17, 15) is 32.7 Å². The number of hydrogen-bond donors (Lipinski definition) is 4. The zero-order chi connectivity index (χ0) is 33.0. The number of carbonyl (C=O) groups excluding carboxylic acids is 3. The average molecular weight is 633 g/mol. The predicted octanol–water partition coefficient (Wildman–Crippen LogP) is 2.29. The molecule has 0 radical (unpaired) electrons. The van der Waals surface area contributed by atoms with Crippen LogP contribution in [0.5, 0.6) is 5.75 Å². The SMILES string of the molecule is COc1cc(C)c(S(=O)(=O)NCc2ccc(CN3C(=O)[C@@H](CNC(=O)OC(C)(C)C)NC(=O)[C@@H]3CC(=O)O)cc2)c(C)c1C. The molecule has 1 heterocycles. The number of nitrogens with zero attached hydrogens (tertiary/aromatic N) is 1. The number of alkyl carbamates (subject to hydrolysis) is 1. The first kappa shape index (κ1) is 34.3. The van der Waals surface area contributed by atoms with Gasteiger partial charge in [0.1, 0.15) is 23.4 Å². The first-order valence-electron chi connectivity index (χ1n) is 13.9. The fourth-order valence-electron chi connectivity index (χ4n) is 4.88. The summed E-state index contributed by atoms with van der Waals surface area (Å²) >= 11 is 0. The van der Waals surface area contributed by atoms with E-state index in [1.807, 2.05) is 0 Å². The number of carboxylic acid groups (broad SMARTS) is 1. The Bertz CT molecular complexity index is 1530. The molecule has 13 nitrogen and oxygen atoms in total. The van der Waals surface area contributed by atoms with Crippen molar-refractivity contribution in [3.8, 4) is 5.75 Å². The smallest absolute Gasteiger partial charge is 0.407 e. The molecular formula is C30H40N4O9S. The molecule has 44 heavy (non-hydrogen) atoms. The van der Waals surface area contributed by atoms with Gasteiger partial charge in [0, 0.05) is 13.1 Å². The molecule has 2 aromatic rings. The summed E-state index contributed by atoms with van der Waals surface area (Å²) < 4.78 is 39.5. The fraction of sp³-hybridized carbons (Fsp3) is 0.467. The highest BCUT2D eigenvalue weighted by Gasteiger charge is 2.41. The molecule has 3 amide bonds. The molecule has 0 aliphatic carbocycles. The summed E-state index contributed by atoms with van der Waals surface area (Å²) in [6, 6.07) is 6.00. The summed E-state index contributed by atoms with van der Waals surface area (Å²) in [5, 5.41) is 14.3. The zero-order valence-electron chi connectivity index (χ0n) is 25.9. The van der Waals surface area contributed by atoms with Crippen LogP contribution < -0.4 is 20.1 Å². The summed E-state index contributed by atoms with van der Waals surface area (Å²) in [6.07, 6.45) is -1.37. The van der Waals surface area contributed by atoms with Gasteiger partial charge in [0.25, 0.3) is 0 Å². The van der Waals surface area contributed by atoms with Crippen molar-refractivity contribution in [1.82, 2.24) is 20.3 Å². The molecule has 2 aromatic carbocycles. The van der Waals surface area contributed by atoms with Crippen LogP contribution in [0, 0.1) is 20.8 Å². The van der Waals surface area contributed by atoms with Crippen molar-refractivity contribution in [3.05, 3.63) is 58.1 Å². The van der Waals surface area contributed by atoms with Crippen LogP contribution in [-0.2, 0) is 42.2 Å². The second-order valence-corrected chi connectivity index (χ2v) is 13.3. The number of sulfonamides is 1. The molecule has 14 heteroatoms. The minimum Gasteiger partial charge on any atom is -0.496 e. The number of nitrogens with one attached hydrogen (secondary N) is 3. The molecule has 0 unspecified atom stereocenters. The minimum atomic E-state index is -3.86. The summed E-state index contributed by atoms with van der Waals surface area (Å²) in [7, 11) is -2.33. The Hall–Kier alpha value is -4.17. The van der Waals surface area contributed by atoms with Crippen molar-refractivity contribution in [2.45, 2.75) is 83.6 Å². The molecule has 0 bridgehead atoms. The number of hydrogen-bond acceptors (Lipinski definition) is 8. The first-order chi connectivity index (χ1) is 20.4. The van der Waals surface area contributed by atoms with Gasteiger partial charge in [-0.2, -0.15) is 0 Å². The van der Waals surface area contributed by atoms with E-state index < -0.39 is 58.0 Å². The Morgan fingerprint density at radius 1 is 1.05 bits per heavy atom. The third-order valence-corrected chi connectivity index (χ3v) is 8.79. The average Bonchev–Trinajstić information content (AvgIpc) is 2.92. The fourth-order valence-corrected chi connectivity index (χ4v) is 6.42. The maximum Gasteiger partial charge on any atom is 0.407 e. The van der Waals surface area contributed by atoms with Gasteiger partial charge in [-0.1, -0.05) is 24.3 Å². The van der Waals surface area contributed by atoms with Crippen molar-refractivity contribution in [2.75, 3.05) is 13.7 Å². The van der Waals surface area contributed by atoms with E-state index >= 15 is 0 Å². The number of ether oxygens (including phenoxy) is 2. The van der Waals surface area contributed by atoms with Gasteiger partial charge in [-0.05, 0) is 75.4 Å². The Labute approximate surface area is 257 Å². The number of aliphatic carboxylic acids is 1. The number of piperazine rings is 1. The predicted molar refractivity (Wildman–Crippen MR) is 160 cm³/mol. The van der Waals surface area contributed by atoms with Crippen LogP contribution in [0.3, 0.4) is 0 Å². The molecule has 1 aliphatic rings. The summed E-state index contributed by atoms with van der Waals surface area (Å²) in [4.78, 5) is 51.1. The van der Waals surface area contributed by atoms with Gasteiger partial charge in [-0.15, -0.1) is 0 Å². The lowest BCUT2D eigenvalue weighted by Gasteiger charge is -2.38. The van der Waals surface area contributed by atoms with Gasteiger partial charge in [0.15, 0.2) is 0 Å². The maximum absolute atomic E-state index is 13.3. The summed E-state index contributed by atoms with van der Waals surface area (Å²) in [6.45, 7) is 9.94. The van der Waals surface area contributed by atoms with Crippen LogP contribution in [0.25, 0.3) is 0 Å². The summed E-state index contributed by atoms with van der Waals surface area (Å²) in [5.41, 5.74) is 2.34. The van der Waals surface area contributed by atoms with Gasteiger partial charge in [-0.25, -0.2) is 17.9 Å². The lowest BCUT2D eigenvalue weighted by Crippen LogP contribution is -2.65. The molecule has 3 rings (SSSR count). The van der Waals surface area contributed by atoms with Gasteiger partial charge in [0.05, 0.1) is 25.0 Å². The molecule has 240 valence electrons. The van der Waals surface area contributed by atoms with Gasteiger partial charge in [0.2, 0.25) is 21.8 Å². The van der Waals surface area contributed by atoms with Crippen molar-refractivity contribution < 1.29 is 42.2 Å². The van der Waals surface area contributed by atoms with E-state index in [-0.39, 0.29) is 24.5 Å². The highest BCUT2D eigenvalue weighted by molar-refractivity contribution is 7.89. The highest BCUT2D eigenvalue weighted by atomic mass is 32.2. The molecule has 0 spiro atoms. The van der Waals surface area contributed by atoms with E-state index in [4.69, 9.17) is 9.47 Å². The van der Waals surface area contributed by atoms with Crippen LogP contribution in [0.4, 0.5) is 4.79 Å². The molecule has 1 fully saturated rings. The number of carbonyl (C=O) groups is 4. The van der Waals surface area contributed by atoms with Crippen molar-refractivity contribution in [2.24, 2.45) is 0 Å². The van der Waals surface area contributed by atoms with Gasteiger partial charge < -0.3 is 30.1 Å². The Morgan fingerprint density at radius 2 is 1.66 bits per heavy atom. The summed E-state index contributed by atoms with van der Waals surface area (Å²) in [5.74, 6) is -1.87.